The molecule has 1 aromatic carbocycles. The molecule has 2 amide bonds. The number of nitrogens with zero attached hydrogens (tertiary/aromatic N) is 5. The molecule has 2 aromatic heterocycles. The summed E-state index contributed by atoms with van der Waals surface area (Å²) in [6, 6.07) is 9.91. The van der Waals surface area contributed by atoms with Crippen molar-refractivity contribution < 1.29 is 9.53 Å². The molecule has 246 valence electrons. The molecular formula is C35H50N8O2Si. The minimum atomic E-state index is -2.01. The predicted octanol–water partition coefficient (Wildman–Crippen LogP) is 6.25. The Morgan fingerprint density at radius 1 is 1.02 bits per heavy atom. The number of carbonyl (C=O) groups excluding carboxylic acids is 1. The van der Waals surface area contributed by atoms with E-state index in [0.29, 0.717) is 53.1 Å². The lowest BCUT2D eigenvalue weighted by Gasteiger charge is -2.38. The van der Waals surface area contributed by atoms with E-state index in [9.17, 15) is 4.79 Å². The Hall–Kier alpha value is -3.72. The molecule has 0 bridgehead atoms. The highest BCUT2D eigenvalue weighted by Gasteiger charge is 2.41. The van der Waals surface area contributed by atoms with E-state index in [0.717, 1.165) is 55.8 Å². The lowest BCUT2D eigenvalue weighted by atomic mass is 10.1. The van der Waals surface area contributed by atoms with Crippen molar-refractivity contribution in [3.05, 3.63) is 42.1 Å². The lowest BCUT2D eigenvalue weighted by molar-refractivity contribution is 0.185. The first-order valence-electron chi connectivity index (χ1n) is 16.7. The minimum Gasteiger partial charge on any atom is -0.381 e. The monoisotopic (exact) mass is 642 g/mol. The van der Waals surface area contributed by atoms with Gasteiger partial charge < -0.3 is 25.2 Å². The van der Waals surface area contributed by atoms with Gasteiger partial charge in [0.1, 0.15) is 13.9 Å². The molecule has 0 radical (unpaired) electrons. The first-order chi connectivity index (χ1) is 22.0. The highest BCUT2D eigenvalue weighted by molar-refractivity contribution is 6.90. The molecule has 2 aliphatic heterocycles. The fourth-order valence-corrected chi connectivity index (χ4v) is 12.2. The number of hydrogen-bond acceptors (Lipinski definition) is 8. The number of anilines is 4. The van der Waals surface area contributed by atoms with Crippen LogP contribution >= 0.6 is 0 Å². The summed E-state index contributed by atoms with van der Waals surface area (Å²) in [7, 11) is 0.154. The molecule has 2 fully saturated rings. The minimum absolute atomic E-state index is 0.305. The van der Waals surface area contributed by atoms with Crippen LogP contribution in [0.4, 0.5) is 27.9 Å². The van der Waals surface area contributed by atoms with Gasteiger partial charge in [0.25, 0.3) is 0 Å². The SMILES string of the molecule is CC(C)[Si](C#Cc1cc(NC(=O)NCC2CCOC2)nc2nc(Nc3ccc(N4CCN(C)CC4)cc3)ncc12)(C(C)C)C(C)C. The second-order valence-corrected chi connectivity index (χ2v) is 19.2. The molecule has 2 saturated heterocycles. The van der Waals surface area contributed by atoms with Crippen molar-refractivity contribution in [1.82, 2.24) is 25.2 Å². The van der Waals surface area contributed by atoms with Crippen LogP contribution in [0, 0.1) is 17.4 Å². The van der Waals surface area contributed by atoms with Crippen LogP contribution in [-0.2, 0) is 4.74 Å². The normalized spacial score (nSPS) is 17.4. The second-order valence-electron chi connectivity index (χ2n) is 13.7. The number of piperazine rings is 1. The first kappa shape index (κ1) is 33.6. The summed E-state index contributed by atoms with van der Waals surface area (Å²) in [5.74, 6) is 4.72. The maximum Gasteiger partial charge on any atom is 0.320 e. The number of likely N-dealkylation sites (N-methyl/N-ethyl adjacent to an activating group) is 1. The molecule has 1 atom stereocenters. The Morgan fingerprint density at radius 3 is 2.35 bits per heavy atom. The van der Waals surface area contributed by atoms with Crippen LogP contribution in [0.3, 0.4) is 0 Å². The van der Waals surface area contributed by atoms with Crippen molar-refractivity contribution in [3.63, 3.8) is 0 Å². The second kappa shape index (κ2) is 14.8. The third-order valence-electron chi connectivity index (χ3n) is 9.65. The lowest BCUT2D eigenvalue weighted by Crippen LogP contribution is -2.44. The zero-order valence-corrected chi connectivity index (χ0v) is 29.5. The topological polar surface area (TPSA) is 108 Å². The summed E-state index contributed by atoms with van der Waals surface area (Å²) in [5.41, 5.74) is 8.63. The number of urea groups is 1. The van der Waals surface area contributed by atoms with Gasteiger partial charge >= 0.3 is 6.03 Å². The average Bonchev–Trinajstić information content (AvgIpc) is 3.54. The predicted molar refractivity (Wildman–Crippen MR) is 191 cm³/mol. The van der Waals surface area contributed by atoms with E-state index in [1.54, 1.807) is 6.20 Å². The zero-order valence-electron chi connectivity index (χ0n) is 28.5. The summed E-state index contributed by atoms with van der Waals surface area (Å²) in [5, 5.41) is 9.99. The third-order valence-corrected chi connectivity index (χ3v) is 15.9. The van der Waals surface area contributed by atoms with Gasteiger partial charge in [-0.05, 0) is 60.4 Å². The summed E-state index contributed by atoms with van der Waals surface area (Å²) < 4.78 is 5.45. The van der Waals surface area contributed by atoms with Gasteiger partial charge in [-0.1, -0.05) is 47.5 Å². The molecule has 2 aliphatic rings. The summed E-state index contributed by atoms with van der Waals surface area (Å²) in [6.45, 7) is 20.0. The van der Waals surface area contributed by atoms with Crippen LogP contribution in [0.25, 0.3) is 11.0 Å². The van der Waals surface area contributed by atoms with E-state index >= 15 is 0 Å². The van der Waals surface area contributed by atoms with Gasteiger partial charge in [-0.2, -0.15) is 4.98 Å². The van der Waals surface area contributed by atoms with Crippen LogP contribution < -0.4 is 20.9 Å². The Kier molecular flexibility index (Phi) is 10.8. The maximum absolute atomic E-state index is 12.9. The Bertz CT molecular complexity index is 1530. The fraction of sp³-hybridized carbons (Fsp3) is 0.543. The van der Waals surface area contributed by atoms with Crippen LogP contribution in [0.1, 0.15) is 53.5 Å². The van der Waals surface area contributed by atoms with Crippen molar-refractivity contribution in [3.8, 4) is 11.5 Å². The quantitative estimate of drug-likeness (QED) is 0.186. The van der Waals surface area contributed by atoms with Gasteiger partial charge in [-0.15, -0.1) is 5.54 Å². The number of amides is 2. The number of fused-ring (bicyclic) bond motifs is 1. The molecule has 0 saturated carbocycles. The van der Waals surface area contributed by atoms with Crippen molar-refractivity contribution in [1.29, 1.82) is 0 Å². The zero-order chi connectivity index (χ0) is 32.8. The molecule has 3 aromatic rings. The maximum atomic E-state index is 12.9. The molecule has 46 heavy (non-hydrogen) atoms. The Balaban J connectivity index is 1.43. The van der Waals surface area contributed by atoms with E-state index in [-0.39, 0.29) is 6.03 Å². The van der Waals surface area contributed by atoms with Gasteiger partial charge in [0.05, 0.1) is 12.0 Å². The largest absolute Gasteiger partial charge is 0.381 e. The Morgan fingerprint density at radius 2 is 1.72 bits per heavy atom. The molecule has 0 aliphatic carbocycles. The number of ether oxygens (including phenoxy) is 1. The fourth-order valence-electron chi connectivity index (χ4n) is 6.94. The average molecular weight is 643 g/mol. The molecule has 3 N–H and O–H groups in total. The van der Waals surface area contributed by atoms with Gasteiger partial charge in [0, 0.05) is 68.4 Å². The van der Waals surface area contributed by atoms with Gasteiger partial charge in [-0.25, -0.2) is 14.8 Å². The smallest absolute Gasteiger partial charge is 0.320 e. The van der Waals surface area contributed by atoms with E-state index < -0.39 is 8.07 Å². The van der Waals surface area contributed by atoms with E-state index in [4.69, 9.17) is 14.7 Å². The van der Waals surface area contributed by atoms with Crippen molar-refractivity contribution in [2.45, 2.75) is 64.6 Å². The first-order valence-corrected chi connectivity index (χ1v) is 18.9. The number of nitrogens with one attached hydrogen (secondary N) is 3. The van der Waals surface area contributed by atoms with Crippen molar-refractivity contribution >= 4 is 48.3 Å². The molecule has 11 heteroatoms. The number of hydrogen-bond donors (Lipinski definition) is 3. The van der Waals surface area contributed by atoms with Crippen molar-refractivity contribution in [2.75, 3.05) is 68.5 Å². The van der Waals surface area contributed by atoms with Crippen LogP contribution in [-0.4, -0.2) is 86.9 Å². The number of rotatable bonds is 9. The number of carbonyl (C=O) groups is 1. The summed E-state index contributed by atoms with van der Waals surface area (Å²) in [6.07, 6.45) is 2.74. The van der Waals surface area contributed by atoms with Gasteiger partial charge in [-0.3, -0.25) is 5.32 Å². The molecule has 4 heterocycles. The number of benzene rings is 1. The van der Waals surface area contributed by atoms with E-state index in [2.05, 4.69) is 115 Å². The van der Waals surface area contributed by atoms with Crippen LogP contribution in [0.2, 0.25) is 16.6 Å². The van der Waals surface area contributed by atoms with E-state index in [1.807, 2.05) is 6.07 Å². The summed E-state index contributed by atoms with van der Waals surface area (Å²) in [4.78, 5) is 31.8. The molecular weight excluding hydrogens is 593 g/mol. The van der Waals surface area contributed by atoms with Gasteiger partial charge in [0.2, 0.25) is 5.95 Å². The number of aromatic nitrogens is 3. The van der Waals surface area contributed by atoms with Gasteiger partial charge in [0.15, 0.2) is 5.65 Å². The molecule has 5 rings (SSSR count). The van der Waals surface area contributed by atoms with Crippen LogP contribution in [0.5, 0.6) is 0 Å². The number of pyridine rings is 1. The van der Waals surface area contributed by atoms with E-state index in [1.165, 1.54) is 5.69 Å². The molecule has 0 spiro atoms. The summed E-state index contributed by atoms with van der Waals surface area (Å²) >= 11 is 0. The Labute approximate surface area is 275 Å². The highest BCUT2D eigenvalue weighted by Crippen LogP contribution is 2.41. The standard InChI is InChI=1S/C35H50N8O2Si/c1-24(2)46(25(3)4,26(5)6)19-13-28-20-32(40-35(44)37-21-27-12-18-45-23-27)39-33-31(28)22-36-34(41-33)38-29-8-10-30(11-9-29)43-16-14-42(7)15-17-43/h8-11,20,22,24-27H,12,14-18,21,23H2,1-7H3,(H3,36,37,38,39,40,41,44). The highest BCUT2D eigenvalue weighted by atomic mass is 28.3. The van der Waals surface area contributed by atoms with Crippen molar-refractivity contribution in [2.24, 2.45) is 5.92 Å². The third kappa shape index (κ3) is 7.80. The van der Waals surface area contributed by atoms with Crippen LogP contribution in [0.15, 0.2) is 36.5 Å². The molecule has 1 unspecified atom stereocenters. The molecule has 10 nitrogen and oxygen atoms in total.